The van der Waals surface area contributed by atoms with Crippen molar-refractivity contribution < 1.29 is 18.9 Å². The predicted octanol–water partition coefficient (Wildman–Crippen LogP) is 9.09. The van der Waals surface area contributed by atoms with Crippen LogP contribution in [-0.2, 0) is 22.7 Å². The van der Waals surface area contributed by atoms with Gasteiger partial charge in [0.1, 0.15) is 18.1 Å². The first kappa shape index (κ1) is 35.1. The topological polar surface area (TPSA) is 113 Å². The van der Waals surface area contributed by atoms with Gasteiger partial charge in [0, 0.05) is 34.9 Å². The Morgan fingerprint density at radius 2 is 1.02 bits per heavy atom. The third kappa shape index (κ3) is 10.6. The molecule has 8 rings (SSSR count). The summed E-state index contributed by atoms with van der Waals surface area (Å²) in [6.07, 6.45) is 12.4. The summed E-state index contributed by atoms with van der Waals surface area (Å²) in [5, 5.41) is 6.54. The highest BCUT2D eigenvalue weighted by molar-refractivity contribution is 5.65. The number of ether oxygens (including phenoxy) is 4. The van der Waals surface area contributed by atoms with Crippen LogP contribution in [0, 0.1) is 0 Å². The number of benzene rings is 4. The standard InChI is InChI=1S/C22H21N3O2.C21H19N3O2/c1-2-12-26-16-17-6-4-8-19(14-17)24-22-23-11-10-21(25-22)18-7-5-9-20(15-18)27-13-3-1;1-2-12-26-19-8-4-6-17(14-19)20-9-10-22-21(24-20)23-18-7-3-5-16(13-18)15-25-11-1/h1-2,4-11,14-15H,3,12-13,16H2,(H,23,24,25);1-10,13-14H,11-12,15H2,(H,22,23,24)/b2*2-1+. The van der Waals surface area contributed by atoms with E-state index < -0.39 is 0 Å². The number of aromatic nitrogens is 4. The molecule has 10 nitrogen and oxygen atoms in total. The molecule has 0 amide bonds. The van der Waals surface area contributed by atoms with E-state index in [4.69, 9.17) is 18.9 Å². The largest absolute Gasteiger partial charge is 0.493 e. The van der Waals surface area contributed by atoms with Crippen molar-refractivity contribution in [2.24, 2.45) is 0 Å². The quantitative estimate of drug-likeness (QED) is 0.149. The van der Waals surface area contributed by atoms with Crippen molar-refractivity contribution in [3.8, 4) is 34.0 Å². The molecule has 2 aromatic heterocycles. The minimum absolute atomic E-state index is 0.499. The summed E-state index contributed by atoms with van der Waals surface area (Å²) in [5.74, 6) is 2.75. The van der Waals surface area contributed by atoms with E-state index >= 15 is 0 Å². The molecule has 0 radical (unpaired) electrons. The lowest BCUT2D eigenvalue weighted by atomic mass is 10.1. The van der Waals surface area contributed by atoms with E-state index in [9.17, 15) is 0 Å². The molecule has 53 heavy (non-hydrogen) atoms. The van der Waals surface area contributed by atoms with Crippen LogP contribution in [0.3, 0.4) is 0 Å². The maximum absolute atomic E-state index is 5.85. The minimum Gasteiger partial charge on any atom is -0.493 e. The highest BCUT2D eigenvalue weighted by Crippen LogP contribution is 2.26. The molecule has 2 aliphatic heterocycles. The van der Waals surface area contributed by atoms with Gasteiger partial charge in [-0.1, -0.05) is 66.8 Å². The zero-order valence-electron chi connectivity index (χ0n) is 29.2. The molecule has 2 N–H and O–H groups in total. The van der Waals surface area contributed by atoms with Gasteiger partial charge >= 0.3 is 0 Å². The predicted molar refractivity (Wildman–Crippen MR) is 208 cm³/mol. The molecular formula is C43H40N6O4. The number of nitrogens with zero attached hydrogens (tertiary/aromatic N) is 4. The van der Waals surface area contributed by atoms with Gasteiger partial charge in [0.2, 0.25) is 11.9 Å². The molecule has 6 aromatic rings. The van der Waals surface area contributed by atoms with Crippen molar-refractivity contribution in [3.05, 3.63) is 157 Å². The molecule has 266 valence electrons. The lowest BCUT2D eigenvalue weighted by molar-refractivity contribution is 0.148. The highest BCUT2D eigenvalue weighted by Gasteiger charge is 2.08. The van der Waals surface area contributed by atoms with E-state index in [0.29, 0.717) is 51.5 Å². The van der Waals surface area contributed by atoms with Gasteiger partial charge in [-0.25, -0.2) is 19.9 Å². The summed E-state index contributed by atoms with van der Waals surface area (Å²) in [6, 6.07) is 35.8. The van der Waals surface area contributed by atoms with Gasteiger partial charge in [-0.2, -0.15) is 0 Å². The van der Waals surface area contributed by atoms with Gasteiger partial charge in [-0.05, 0) is 84.3 Å². The van der Waals surface area contributed by atoms with E-state index in [1.807, 2.05) is 121 Å². The summed E-state index contributed by atoms with van der Waals surface area (Å²) >= 11 is 0. The van der Waals surface area contributed by atoms with Crippen LogP contribution in [0.4, 0.5) is 23.3 Å². The number of rotatable bonds is 0. The highest BCUT2D eigenvalue weighted by atomic mass is 16.5. The Balaban J connectivity index is 0.000000164. The zero-order valence-corrected chi connectivity index (χ0v) is 29.2. The van der Waals surface area contributed by atoms with Gasteiger partial charge in [0.15, 0.2) is 0 Å². The Morgan fingerprint density at radius 1 is 0.491 bits per heavy atom. The van der Waals surface area contributed by atoms with Gasteiger partial charge in [-0.15, -0.1) is 0 Å². The van der Waals surface area contributed by atoms with E-state index in [2.05, 4.69) is 42.7 Å². The van der Waals surface area contributed by atoms with Crippen molar-refractivity contribution in [1.82, 2.24) is 19.9 Å². The Labute approximate surface area is 309 Å². The van der Waals surface area contributed by atoms with Crippen LogP contribution in [0.2, 0.25) is 0 Å². The number of nitrogens with one attached hydrogen (secondary N) is 2. The molecule has 0 saturated heterocycles. The average Bonchev–Trinajstić information content (AvgIpc) is 3.19. The molecule has 0 spiro atoms. The van der Waals surface area contributed by atoms with Crippen molar-refractivity contribution in [3.63, 3.8) is 0 Å². The fourth-order valence-electron chi connectivity index (χ4n) is 5.59. The van der Waals surface area contributed by atoms with Gasteiger partial charge in [-0.3, -0.25) is 0 Å². The first-order chi connectivity index (χ1) is 26.2. The summed E-state index contributed by atoms with van der Waals surface area (Å²) in [6.45, 7) is 3.35. The fourth-order valence-corrected chi connectivity index (χ4v) is 5.59. The van der Waals surface area contributed by atoms with E-state index in [-0.39, 0.29) is 0 Å². The number of hydrogen-bond acceptors (Lipinski definition) is 10. The second kappa shape index (κ2) is 18.2. The maximum atomic E-state index is 5.85. The second-order valence-electron chi connectivity index (χ2n) is 12.2. The molecule has 2 aliphatic rings. The van der Waals surface area contributed by atoms with E-state index in [0.717, 1.165) is 62.9 Å². The van der Waals surface area contributed by atoms with Crippen molar-refractivity contribution >= 4 is 23.3 Å². The summed E-state index contributed by atoms with van der Waals surface area (Å²) in [5.41, 5.74) is 7.72. The SMILES string of the molecule is C1=C/COCc2cccc(c2)Nc2nccc(n2)-c2cccc(c2)OCC/1.C1=C/COc2cccc(c2)-c2ccnc(n2)Nc2cccc(c2)COC/1. The molecule has 0 aliphatic carbocycles. The van der Waals surface area contributed by atoms with Crippen LogP contribution >= 0.6 is 0 Å². The van der Waals surface area contributed by atoms with Crippen LogP contribution in [0.15, 0.2) is 146 Å². The Hall–Kier alpha value is -6.36. The molecule has 0 fully saturated rings. The van der Waals surface area contributed by atoms with Crippen LogP contribution in [0.5, 0.6) is 11.5 Å². The molecule has 0 unspecified atom stereocenters. The smallest absolute Gasteiger partial charge is 0.227 e. The normalized spacial score (nSPS) is 15.4. The number of hydrogen-bond donors (Lipinski definition) is 2. The number of anilines is 4. The minimum atomic E-state index is 0.499. The number of fused-ring (bicyclic) bond motifs is 14. The van der Waals surface area contributed by atoms with Gasteiger partial charge in [0.05, 0.1) is 44.4 Å². The summed E-state index contributed by atoms with van der Waals surface area (Å²) < 4.78 is 23.0. The summed E-state index contributed by atoms with van der Waals surface area (Å²) in [7, 11) is 0. The molecule has 0 saturated carbocycles. The molecule has 12 bridgehead atoms. The maximum Gasteiger partial charge on any atom is 0.227 e. The lowest BCUT2D eigenvalue weighted by Crippen LogP contribution is -2.00. The fraction of sp³-hybridized carbons (Fsp3) is 0.163. The van der Waals surface area contributed by atoms with Crippen molar-refractivity contribution in [2.45, 2.75) is 19.6 Å². The Morgan fingerprint density at radius 3 is 1.62 bits per heavy atom. The third-order valence-corrected chi connectivity index (χ3v) is 8.14. The molecule has 4 heterocycles. The monoisotopic (exact) mass is 704 g/mol. The molecule has 4 aromatic carbocycles. The van der Waals surface area contributed by atoms with Crippen LogP contribution in [0.1, 0.15) is 17.5 Å². The van der Waals surface area contributed by atoms with Gasteiger partial charge < -0.3 is 29.6 Å². The zero-order chi connectivity index (χ0) is 35.9. The Kier molecular flexibility index (Phi) is 12.1. The molecule has 0 atom stereocenters. The molecular weight excluding hydrogens is 665 g/mol. The Bertz CT molecular complexity index is 2170. The first-order valence-corrected chi connectivity index (χ1v) is 17.5. The van der Waals surface area contributed by atoms with Crippen molar-refractivity contribution in [2.75, 3.05) is 37.1 Å². The summed E-state index contributed by atoms with van der Waals surface area (Å²) in [4.78, 5) is 17.9. The van der Waals surface area contributed by atoms with Crippen LogP contribution in [0.25, 0.3) is 22.5 Å². The second-order valence-corrected chi connectivity index (χ2v) is 12.2. The first-order valence-electron chi connectivity index (χ1n) is 17.5. The van der Waals surface area contributed by atoms with E-state index in [1.54, 1.807) is 12.4 Å². The molecule has 10 heteroatoms. The van der Waals surface area contributed by atoms with Crippen molar-refractivity contribution in [1.29, 1.82) is 0 Å². The average molecular weight is 705 g/mol. The van der Waals surface area contributed by atoms with Crippen LogP contribution < -0.4 is 20.1 Å². The lowest BCUT2D eigenvalue weighted by Gasteiger charge is -2.10. The van der Waals surface area contributed by atoms with E-state index in [1.165, 1.54) is 0 Å². The third-order valence-electron chi connectivity index (χ3n) is 8.14. The van der Waals surface area contributed by atoms with Crippen LogP contribution in [-0.4, -0.2) is 46.4 Å². The van der Waals surface area contributed by atoms with Gasteiger partial charge in [0.25, 0.3) is 0 Å².